The monoisotopic (exact) mass is 249 g/mol. The van der Waals surface area contributed by atoms with E-state index in [2.05, 4.69) is 24.4 Å². The first-order chi connectivity index (χ1) is 8.74. The van der Waals surface area contributed by atoms with Gasteiger partial charge in [-0.25, -0.2) is 0 Å². The van der Waals surface area contributed by atoms with Crippen molar-refractivity contribution in [3.63, 3.8) is 0 Å². The van der Waals surface area contributed by atoms with Gasteiger partial charge < -0.3 is 5.32 Å². The Hall–Kier alpha value is -1.05. The molecular formula is C16H27NO. The molecule has 2 heteroatoms. The molecule has 1 N–H and O–H groups in total. The molecule has 1 amide bonds. The van der Waals surface area contributed by atoms with Gasteiger partial charge in [0.05, 0.1) is 0 Å². The molecule has 0 unspecified atom stereocenters. The average Bonchev–Trinajstić information content (AvgIpc) is 3.16. The van der Waals surface area contributed by atoms with Crippen LogP contribution in [0.15, 0.2) is 23.8 Å². The molecule has 0 aliphatic heterocycles. The van der Waals surface area contributed by atoms with Gasteiger partial charge in [0, 0.05) is 11.6 Å². The second kappa shape index (κ2) is 8.96. The Labute approximate surface area is 112 Å². The van der Waals surface area contributed by atoms with Gasteiger partial charge in [0.2, 0.25) is 5.91 Å². The fourth-order valence-corrected chi connectivity index (χ4v) is 1.76. The number of nitrogens with one attached hydrogen (secondary N) is 1. The van der Waals surface area contributed by atoms with Crippen molar-refractivity contribution < 1.29 is 4.79 Å². The summed E-state index contributed by atoms with van der Waals surface area (Å²) in [6.07, 6.45) is 16.0. The van der Waals surface area contributed by atoms with Crippen molar-refractivity contribution in [1.29, 1.82) is 0 Å². The number of carbonyl (C=O) groups excluding carboxylic acids is 1. The third kappa shape index (κ3) is 7.31. The SMILES string of the molecule is CCCCC/C=C\CC/C=C(\C)C(=O)NC1CC1. The smallest absolute Gasteiger partial charge is 0.246 e. The Balaban J connectivity index is 2.05. The molecule has 102 valence electrons. The van der Waals surface area contributed by atoms with E-state index in [1.54, 1.807) is 0 Å². The van der Waals surface area contributed by atoms with Crippen molar-refractivity contribution in [2.45, 2.75) is 71.3 Å². The zero-order valence-corrected chi connectivity index (χ0v) is 11.9. The minimum absolute atomic E-state index is 0.115. The quantitative estimate of drug-likeness (QED) is 0.371. The highest BCUT2D eigenvalue weighted by Gasteiger charge is 2.23. The Morgan fingerprint density at radius 1 is 1.17 bits per heavy atom. The van der Waals surface area contributed by atoms with Gasteiger partial charge in [-0.3, -0.25) is 4.79 Å². The third-order valence-electron chi connectivity index (χ3n) is 3.20. The van der Waals surface area contributed by atoms with E-state index >= 15 is 0 Å². The fraction of sp³-hybridized carbons (Fsp3) is 0.688. The van der Waals surface area contributed by atoms with Crippen LogP contribution in [-0.4, -0.2) is 11.9 Å². The van der Waals surface area contributed by atoms with Crippen molar-refractivity contribution in [2.24, 2.45) is 0 Å². The molecule has 2 nitrogen and oxygen atoms in total. The van der Waals surface area contributed by atoms with E-state index in [9.17, 15) is 4.79 Å². The lowest BCUT2D eigenvalue weighted by Crippen LogP contribution is -2.25. The molecule has 1 aliphatic rings. The molecule has 0 aromatic heterocycles. The van der Waals surface area contributed by atoms with Crippen LogP contribution in [0.1, 0.15) is 65.2 Å². The summed E-state index contributed by atoms with van der Waals surface area (Å²) in [5.74, 6) is 0.115. The first kappa shape index (κ1) is 15.0. The average molecular weight is 249 g/mol. The summed E-state index contributed by atoms with van der Waals surface area (Å²) >= 11 is 0. The van der Waals surface area contributed by atoms with Gasteiger partial charge >= 0.3 is 0 Å². The molecule has 18 heavy (non-hydrogen) atoms. The molecule has 0 radical (unpaired) electrons. The van der Waals surface area contributed by atoms with E-state index < -0.39 is 0 Å². The highest BCUT2D eigenvalue weighted by Crippen LogP contribution is 2.19. The number of allylic oxidation sites excluding steroid dienone is 3. The van der Waals surface area contributed by atoms with Crippen LogP contribution < -0.4 is 5.32 Å². The number of carbonyl (C=O) groups is 1. The van der Waals surface area contributed by atoms with Crippen LogP contribution in [0.4, 0.5) is 0 Å². The third-order valence-corrected chi connectivity index (χ3v) is 3.20. The lowest BCUT2D eigenvalue weighted by atomic mass is 10.1. The van der Waals surface area contributed by atoms with E-state index in [-0.39, 0.29) is 5.91 Å². The predicted octanol–water partition coefficient (Wildman–Crippen LogP) is 4.13. The van der Waals surface area contributed by atoms with Crippen LogP contribution in [0.5, 0.6) is 0 Å². The van der Waals surface area contributed by atoms with Crippen molar-refractivity contribution in [3.05, 3.63) is 23.8 Å². The maximum absolute atomic E-state index is 11.6. The highest BCUT2D eigenvalue weighted by atomic mass is 16.1. The molecule has 0 atom stereocenters. The van der Waals surface area contributed by atoms with Gasteiger partial charge in [0.1, 0.15) is 0 Å². The van der Waals surface area contributed by atoms with Gasteiger partial charge in [-0.15, -0.1) is 0 Å². The summed E-state index contributed by atoms with van der Waals surface area (Å²) in [4.78, 5) is 11.6. The lowest BCUT2D eigenvalue weighted by Gasteiger charge is -2.02. The molecule has 1 aliphatic carbocycles. The van der Waals surface area contributed by atoms with E-state index in [1.807, 2.05) is 13.0 Å². The maximum Gasteiger partial charge on any atom is 0.246 e. The van der Waals surface area contributed by atoms with Gasteiger partial charge in [0.15, 0.2) is 0 Å². The summed E-state index contributed by atoms with van der Waals surface area (Å²) in [5, 5.41) is 3.00. The van der Waals surface area contributed by atoms with Crippen LogP contribution >= 0.6 is 0 Å². The number of unbranched alkanes of at least 4 members (excludes halogenated alkanes) is 4. The Morgan fingerprint density at radius 2 is 1.89 bits per heavy atom. The Kier molecular flexibility index (Phi) is 7.47. The van der Waals surface area contributed by atoms with Crippen LogP contribution in [0, 0.1) is 0 Å². The summed E-state index contributed by atoms with van der Waals surface area (Å²) in [7, 11) is 0. The van der Waals surface area contributed by atoms with Crippen molar-refractivity contribution in [3.8, 4) is 0 Å². The number of rotatable bonds is 9. The van der Waals surface area contributed by atoms with Crippen molar-refractivity contribution in [1.82, 2.24) is 5.32 Å². The van der Waals surface area contributed by atoms with Crippen molar-refractivity contribution in [2.75, 3.05) is 0 Å². The highest BCUT2D eigenvalue weighted by molar-refractivity contribution is 5.93. The minimum atomic E-state index is 0.115. The molecule has 1 rings (SSSR count). The van der Waals surface area contributed by atoms with Crippen LogP contribution in [0.3, 0.4) is 0 Å². The van der Waals surface area contributed by atoms with Crippen molar-refractivity contribution >= 4 is 5.91 Å². The minimum Gasteiger partial charge on any atom is -0.350 e. The molecule has 0 saturated heterocycles. The zero-order chi connectivity index (χ0) is 13.2. The molecule has 0 spiro atoms. The largest absolute Gasteiger partial charge is 0.350 e. The molecule has 0 aromatic rings. The Bertz CT molecular complexity index is 300. The van der Waals surface area contributed by atoms with Gasteiger partial charge in [-0.1, -0.05) is 38.0 Å². The normalized spacial score (nSPS) is 16.2. The van der Waals surface area contributed by atoms with Gasteiger partial charge in [0.25, 0.3) is 0 Å². The van der Waals surface area contributed by atoms with E-state index in [1.165, 1.54) is 25.7 Å². The topological polar surface area (TPSA) is 29.1 Å². The second-order valence-electron chi connectivity index (χ2n) is 5.18. The first-order valence-electron chi connectivity index (χ1n) is 7.36. The summed E-state index contributed by atoms with van der Waals surface area (Å²) in [5.41, 5.74) is 0.862. The Morgan fingerprint density at radius 3 is 2.56 bits per heavy atom. The molecule has 1 saturated carbocycles. The number of amides is 1. The molecule has 0 aromatic carbocycles. The van der Waals surface area contributed by atoms with Gasteiger partial charge in [-0.05, 0) is 45.4 Å². The maximum atomic E-state index is 11.6. The van der Waals surface area contributed by atoms with E-state index in [0.717, 1.165) is 31.3 Å². The summed E-state index contributed by atoms with van der Waals surface area (Å²) in [6, 6.07) is 0.458. The van der Waals surface area contributed by atoms with E-state index in [0.29, 0.717) is 6.04 Å². The first-order valence-corrected chi connectivity index (χ1v) is 7.36. The molecular weight excluding hydrogens is 222 g/mol. The lowest BCUT2D eigenvalue weighted by molar-refractivity contribution is -0.117. The summed E-state index contributed by atoms with van der Waals surface area (Å²) in [6.45, 7) is 4.13. The van der Waals surface area contributed by atoms with Gasteiger partial charge in [-0.2, -0.15) is 0 Å². The molecule has 0 bridgehead atoms. The number of hydrogen-bond donors (Lipinski definition) is 1. The zero-order valence-electron chi connectivity index (χ0n) is 11.9. The summed E-state index contributed by atoms with van der Waals surface area (Å²) < 4.78 is 0. The van der Waals surface area contributed by atoms with Crippen LogP contribution in [-0.2, 0) is 4.79 Å². The molecule has 1 fully saturated rings. The predicted molar refractivity (Wildman–Crippen MR) is 77.4 cm³/mol. The second-order valence-corrected chi connectivity index (χ2v) is 5.18. The standard InChI is InChI=1S/C16H27NO/c1-3-4-5-6-7-8-9-10-11-14(2)16(18)17-15-12-13-15/h7-8,11,15H,3-6,9-10,12-13H2,1-2H3,(H,17,18)/b8-7-,14-11+. The van der Waals surface area contributed by atoms with Crippen LogP contribution in [0.25, 0.3) is 0 Å². The molecule has 0 heterocycles. The fourth-order valence-electron chi connectivity index (χ4n) is 1.76. The van der Waals surface area contributed by atoms with E-state index in [4.69, 9.17) is 0 Å². The number of hydrogen-bond acceptors (Lipinski definition) is 1. The van der Waals surface area contributed by atoms with Crippen LogP contribution in [0.2, 0.25) is 0 Å².